The van der Waals surface area contributed by atoms with Gasteiger partial charge < -0.3 is 0 Å². The van der Waals surface area contributed by atoms with Crippen molar-refractivity contribution in [2.24, 2.45) is 0 Å². The van der Waals surface area contributed by atoms with Crippen molar-refractivity contribution in [3.63, 3.8) is 0 Å². The van der Waals surface area contributed by atoms with E-state index in [-0.39, 0.29) is 5.25 Å². The Morgan fingerprint density at radius 3 is 3.08 bits per heavy atom. The van der Waals surface area contributed by atoms with Gasteiger partial charge in [-0.05, 0) is 6.42 Å². The number of aromatic nitrogens is 2. The molecule has 1 heterocycles. The Balaban J connectivity index is 2.57. The van der Waals surface area contributed by atoms with E-state index < -0.39 is 0 Å². The van der Waals surface area contributed by atoms with Crippen LogP contribution < -0.4 is 0 Å². The lowest BCUT2D eigenvalue weighted by molar-refractivity contribution is 0.989. The fourth-order valence-corrected chi connectivity index (χ4v) is 1.90. The molecule has 5 heteroatoms. The molecule has 0 saturated carbocycles. The maximum absolute atomic E-state index is 8.72. The molecule has 1 aromatic rings. The standard InChI is InChI=1S/C8H9N3S2/c1-2-7(5-9)13-8(12)11-4-3-10-6-11/h3-4,6-7H,2H2,1H3. The molecule has 0 radical (unpaired) electrons. The van der Waals surface area contributed by atoms with Gasteiger partial charge in [0.05, 0.1) is 11.3 Å². The summed E-state index contributed by atoms with van der Waals surface area (Å²) in [5, 5.41) is 8.66. The van der Waals surface area contributed by atoms with Gasteiger partial charge in [-0.3, -0.25) is 4.57 Å². The molecule has 0 amide bonds. The smallest absolute Gasteiger partial charge is 0.146 e. The molecule has 1 aromatic heterocycles. The third-order valence-corrected chi connectivity index (χ3v) is 3.11. The SMILES string of the molecule is CCC(C#N)SC(=S)n1ccnc1. The second-order valence-electron chi connectivity index (χ2n) is 2.38. The summed E-state index contributed by atoms with van der Waals surface area (Å²) in [6.07, 6.45) is 5.88. The van der Waals surface area contributed by atoms with Crippen molar-refractivity contribution in [1.82, 2.24) is 9.55 Å². The Hall–Kier alpha value is -0.860. The molecule has 1 rings (SSSR count). The normalized spacial score (nSPS) is 12.0. The first-order valence-electron chi connectivity index (χ1n) is 3.86. The maximum Gasteiger partial charge on any atom is 0.146 e. The van der Waals surface area contributed by atoms with Crippen LogP contribution in [0.1, 0.15) is 13.3 Å². The number of thiocarbonyl (C=S) groups is 1. The van der Waals surface area contributed by atoms with Crippen LogP contribution in [0, 0.1) is 11.3 Å². The van der Waals surface area contributed by atoms with Crippen molar-refractivity contribution in [2.75, 3.05) is 0 Å². The van der Waals surface area contributed by atoms with Gasteiger partial charge in [0.15, 0.2) is 0 Å². The predicted molar refractivity (Wildman–Crippen MR) is 57.5 cm³/mol. The average Bonchev–Trinajstić information content (AvgIpc) is 2.66. The van der Waals surface area contributed by atoms with Crippen LogP contribution in [0.4, 0.5) is 0 Å². The summed E-state index contributed by atoms with van der Waals surface area (Å²) in [5.41, 5.74) is 0. The van der Waals surface area contributed by atoms with Crippen LogP contribution in [0.2, 0.25) is 0 Å². The van der Waals surface area contributed by atoms with Crippen molar-refractivity contribution in [2.45, 2.75) is 18.6 Å². The lowest BCUT2D eigenvalue weighted by Gasteiger charge is -2.06. The van der Waals surface area contributed by atoms with Gasteiger partial charge in [-0.1, -0.05) is 30.9 Å². The molecular weight excluding hydrogens is 202 g/mol. The molecular formula is C8H9N3S2. The molecule has 0 aromatic carbocycles. The average molecular weight is 211 g/mol. The van der Waals surface area contributed by atoms with Gasteiger partial charge in [0.2, 0.25) is 0 Å². The highest BCUT2D eigenvalue weighted by atomic mass is 32.2. The number of imidazole rings is 1. The Labute approximate surface area is 86.8 Å². The van der Waals surface area contributed by atoms with Gasteiger partial charge in [0.25, 0.3) is 0 Å². The van der Waals surface area contributed by atoms with Crippen LogP contribution in [-0.2, 0) is 0 Å². The molecule has 1 atom stereocenters. The fraction of sp³-hybridized carbons (Fsp3) is 0.375. The third kappa shape index (κ3) is 2.83. The molecule has 3 nitrogen and oxygen atoms in total. The van der Waals surface area contributed by atoms with Crippen molar-refractivity contribution in [3.05, 3.63) is 18.7 Å². The predicted octanol–water partition coefficient (Wildman–Crippen LogP) is 2.05. The number of nitrogens with zero attached hydrogens (tertiary/aromatic N) is 3. The molecule has 0 aliphatic heterocycles. The lowest BCUT2D eigenvalue weighted by atomic mass is 10.4. The highest BCUT2D eigenvalue weighted by Gasteiger charge is 2.09. The minimum atomic E-state index is -0.0603. The van der Waals surface area contributed by atoms with E-state index in [9.17, 15) is 0 Å². The van der Waals surface area contributed by atoms with Gasteiger partial charge in [-0.15, -0.1) is 0 Å². The van der Waals surface area contributed by atoms with Crippen molar-refractivity contribution >= 4 is 28.3 Å². The summed E-state index contributed by atoms with van der Waals surface area (Å²) in [6, 6.07) is 2.19. The molecule has 0 N–H and O–H groups in total. The van der Waals surface area contributed by atoms with Crippen LogP contribution >= 0.6 is 24.0 Å². The third-order valence-electron chi connectivity index (χ3n) is 1.47. The van der Waals surface area contributed by atoms with Crippen molar-refractivity contribution in [3.8, 4) is 6.07 Å². The van der Waals surface area contributed by atoms with Gasteiger partial charge in [0, 0.05) is 12.4 Å². The molecule has 0 bridgehead atoms. The molecule has 68 valence electrons. The van der Waals surface area contributed by atoms with E-state index in [1.165, 1.54) is 11.8 Å². The molecule has 0 saturated heterocycles. The minimum Gasteiger partial charge on any atom is -0.291 e. The summed E-state index contributed by atoms with van der Waals surface area (Å²) >= 11 is 6.51. The van der Waals surface area contributed by atoms with Gasteiger partial charge in [-0.25, -0.2) is 4.98 Å². The van der Waals surface area contributed by atoms with Gasteiger partial charge in [-0.2, -0.15) is 5.26 Å². The first-order chi connectivity index (χ1) is 6.27. The minimum absolute atomic E-state index is 0.0603. The number of thioether (sulfide) groups is 1. The van der Waals surface area contributed by atoms with Crippen molar-refractivity contribution in [1.29, 1.82) is 5.26 Å². The van der Waals surface area contributed by atoms with Gasteiger partial charge in [0.1, 0.15) is 10.6 Å². The Morgan fingerprint density at radius 1 is 1.85 bits per heavy atom. The van der Waals surface area contributed by atoms with Crippen LogP contribution in [0.5, 0.6) is 0 Å². The van der Waals surface area contributed by atoms with E-state index in [1.807, 2.05) is 6.92 Å². The van der Waals surface area contributed by atoms with Crippen molar-refractivity contribution < 1.29 is 0 Å². The zero-order chi connectivity index (χ0) is 9.68. The second kappa shape index (κ2) is 5.00. The van der Waals surface area contributed by atoms with Crippen LogP contribution in [-0.4, -0.2) is 19.1 Å². The number of rotatable bonds is 2. The van der Waals surface area contributed by atoms with E-state index >= 15 is 0 Å². The molecule has 1 unspecified atom stereocenters. The first-order valence-corrected chi connectivity index (χ1v) is 5.15. The molecule has 0 spiro atoms. The highest BCUT2D eigenvalue weighted by molar-refractivity contribution is 8.23. The van der Waals surface area contributed by atoms with E-state index in [2.05, 4.69) is 11.1 Å². The summed E-state index contributed by atoms with van der Waals surface area (Å²) in [5.74, 6) is 0. The van der Waals surface area contributed by atoms with E-state index in [0.717, 1.165) is 6.42 Å². The summed E-state index contributed by atoms with van der Waals surface area (Å²) < 4.78 is 2.41. The Bertz CT molecular complexity index is 313. The first kappa shape index (κ1) is 10.2. The topological polar surface area (TPSA) is 41.6 Å². The van der Waals surface area contributed by atoms with Crippen LogP contribution in [0.3, 0.4) is 0 Å². The summed E-state index contributed by atoms with van der Waals surface area (Å²) in [6.45, 7) is 1.97. The molecule has 0 fully saturated rings. The zero-order valence-electron chi connectivity index (χ0n) is 7.17. The summed E-state index contributed by atoms with van der Waals surface area (Å²) in [4.78, 5) is 3.88. The van der Waals surface area contributed by atoms with Crippen LogP contribution in [0.15, 0.2) is 18.7 Å². The molecule has 0 aliphatic carbocycles. The Kier molecular flexibility index (Phi) is 3.93. The quantitative estimate of drug-likeness (QED) is 0.702. The van der Waals surface area contributed by atoms with Crippen LogP contribution in [0.25, 0.3) is 0 Å². The van der Waals surface area contributed by atoms with Gasteiger partial charge >= 0.3 is 0 Å². The molecule has 13 heavy (non-hydrogen) atoms. The largest absolute Gasteiger partial charge is 0.291 e. The molecule has 0 aliphatic rings. The number of hydrogen-bond acceptors (Lipinski definition) is 4. The Morgan fingerprint density at radius 2 is 2.62 bits per heavy atom. The monoisotopic (exact) mass is 211 g/mol. The number of hydrogen-bond donors (Lipinski definition) is 0. The second-order valence-corrected chi connectivity index (χ2v) is 4.22. The van der Waals surface area contributed by atoms with E-state index in [4.69, 9.17) is 17.5 Å². The fourth-order valence-electron chi connectivity index (χ4n) is 0.751. The lowest BCUT2D eigenvalue weighted by Crippen LogP contribution is -2.07. The highest BCUT2D eigenvalue weighted by Crippen LogP contribution is 2.16. The maximum atomic E-state index is 8.72. The number of nitriles is 1. The zero-order valence-corrected chi connectivity index (χ0v) is 8.81. The summed E-state index contributed by atoms with van der Waals surface area (Å²) in [7, 11) is 0. The van der Waals surface area contributed by atoms with E-state index in [1.54, 1.807) is 23.3 Å². The van der Waals surface area contributed by atoms with E-state index in [0.29, 0.717) is 4.32 Å².